The van der Waals surface area contributed by atoms with Gasteiger partial charge in [0.25, 0.3) is 0 Å². The van der Waals surface area contributed by atoms with Gasteiger partial charge in [-0.15, -0.1) is 16.5 Å². The molecule has 9 atom stereocenters. The zero-order valence-corrected chi connectivity index (χ0v) is 37.0. The zero-order chi connectivity index (χ0) is 41.5. The van der Waals surface area contributed by atoms with Crippen molar-refractivity contribution in [2.45, 2.75) is 119 Å². The Morgan fingerprint density at radius 1 is 0.772 bits per heavy atom. The Balaban J connectivity index is 1.67. The molecule has 57 heavy (non-hydrogen) atoms. The number of ether oxygens (including phenoxy) is 4. The lowest BCUT2D eigenvalue weighted by molar-refractivity contribution is -0.207. The van der Waals surface area contributed by atoms with Gasteiger partial charge in [0, 0.05) is 23.2 Å². The van der Waals surface area contributed by atoms with E-state index in [1.165, 1.54) is 11.8 Å². The average molecular weight is 836 g/mol. The number of esters is 3. The monoisotopic (exact) mass is 835 g/mol. The Morgan fingerprint density at radius 3 is 1.68 bits per heavy atom. The molecular formula is C44H57NO9S2Si. The van der Waals surface area contributed by atoms with Gasteiger partial charge >= 0.3 is 17.9 Å². The van der Waals surface area contributed by atoms with Crippen molar-refractivity contribution in [2.75, 3.05) is 6.61 Å². The number of carbonyl (C=O) groups is 3. The van der Waals surface area contributed by atoms with Crippen LogP contribution in [0.5, 0.6) is 0 Å². The molecule has 2 bridgehead atoms. The summed E-state index contributed by atoms with van der Waals surface area (Å²) in [6, 6.07) is 24.7. The molecule has 13 heteroatoms. The van der Waals surface area contributed by atoms with Crippen molar-refractivity contribution >= 4 is 49.3 Å². The molecule has 3 aromatic carbocycles. The van der Waals surface area contributed by atoms with Crippen LogP contribution in [0.2, 0.25) is 18.1 Å². The summed E-state index contributed by atoms with van der Waals surface area (Å²) in [5.41, 5.74) is -0.141. The first-order valence-electron chi connectivity index (χ1n) is 19.4. The standard InChI is InChI=1S/C44H57NO9S2Si/c1-29-20-19-27-33(28-50-57(8,9)44(5,6)7)55-42-38(53-41(48)32-25-17-12-18-26-32)37(52-40(47)31-23-15-11-16-24-31)36(51-39(46)30-21-13-10-14-22-30)35(54-42)34(29)45-56(49)43(2,3)4/h10-26,29,33-38,42,45H,27-28H2,1-9H3/b20-19-/t29-,33?,34-,35?,36?,37?,38?,42?,56-/m1/s1. The van der Waals surface area contributed by atoms with E-state index in [1.807, 2.05) is 33.8 Å². The number of carbonyl (C=O) groups excluding carboxylic acids is 3. The smallest absolute Gasteiger partial charge is 0.338 e. The Kier molecular flexibility index (Phi) is 15.0. The van der Waals surface area contributed by atoms with Gasteiger partial charge in [0.05, 0.1) is 22.7 Å². The second-order valence-electron chi connectivity index (χ2n) is 17.1. The van der Waals surface area contributed by atoms with Gasteiger partial charge in [-0.3, -0.25) is 0 Å². The molecule has 10 nitrogen and oxygen atoms in total. The van der Waals surface area contributed by atoms with Crippen molar-refractivity contribution in [3.63, 3.8) is 0 Å². The Morgan fingerprint density at radius 2 is 1.23 bits per heavy atom. The number of nitrogens with one attached hydrogen (secondary N) is 1. The third kappa shape index (κ3) is 11.6. The van der Waals surface area contributed by atoms with Crippen molar-refractivity contribution in [3.8, 4) is 0 Å². The van der Waals surface area contributed by atoms with E-state index < -0.39 is 78.2 Å². The molecule has 2 aliphatic heterocycles. The lowest BCUT2D eigenvalue weighted by Crippen LogP contribution is -2.67. The molecule has 2 aliphatic rings. The maximum atomic E-state index is 14.1. The Hall–Kier alpha value is -3.43. The maximum Gasteiger partial charge on any atom is 0.338 e. The molecule has 6 unspecified atom stereocenters. The largest absolute Gasteiger partial charge is 0.598 e. The summed E-state index contributed by atoms with van der Waals surface area (Å²) in [4.78, 5) is 42.1. The third-order valence-electron chi connectivity index (χ3n) is 10.6. The average Bonchev–Trinajstić information content (AvgIpc) is 3.17. The van der Waals surface area contributed by atoms with Gasteiger partial charge in [-0.1, -0.05) is 94.4 Å². The summed E-state index contributed by atoms with van der Waals surface area (Å²) in [5, 5.41) is -0.208. The third-order valence-corrected chi connectivity index (χ3v) is 18.1. The van der Waals surface area contributed by atoms with Crippen LogP contribution in [-0.4, -0.2) is 83.3 Å². The van der Waals surface area contributed by atoms with Crippen molar-refractivity contribution in [1.82, 2.24) is 4.72 Å². The van der Waals surface area contributed by atoms with Gasteiger partial charge in [-0.05, 0) is 87.6 Å². The van der Waals surface area contributed by atoms with E-state index in [-0.39, 0.29) is 32.9 Å². The number of rotatable bonds is 11. The van der Waals surface area contributed by atoms with Crippen LogP contribution in [0.25, 0.3) is 0 Å². The maximum absolute atomic E-state index is 14.1. The number of hydrogen-bond acceptors (Lipinski definition) is 11. The van der Waals surface area contributed by atoms with Crippen LogP contribution in [0.15, 0.2) is 103 Å². The summed E-state index contributed by atoms with van der Waals surface area (Å²) in [7, 11) is -2.19. The second kappa shape index (κ2) is 19.1. The second-order valence-corrected chi connectivity index (χ2v) is 25.3. The summed E-state index contributed by atoms with van der Waals surface area (Å²) in [6.45, 7) is 18.9. The van der Waals surface area contributed by atoms with Crippen LogP contribution in [-0.2, 0) is 34.7 Å². The van der Waals surface area contributed by atoms with Gasteiger partial charge in [-0.25, -0.2) is 14.4 Å². The molecule has 2 heterocycles. The van der Waals surface area contributed by atoms with E-state index in [0.717, 1.165) is 0 Å². The van der Waals surface area contributed by atoms with Crippen molar-refractivity contribution in [2.24, 2.45) is 5.92 Å². The Labute approximate surface area is 346 Å². The van der Waals surface area contributed by atoms with E-state index in [2.05, 4.69) is 44.7 Å². The molecule has 0 saturated carbocycles. The van der Waals surface area contributed by atoms with Crippen LogP contribution in [0.4, 0.5) is 0 Å². The van der Waals surface area contributed by atoms with Crippen LogP contribution in [0.1, 0.15) is 86.0 Å². The van der Waals surface area contributed by atoms with Crippen LogP contribution >= 0.6 is 11.8 Å². The predicted octanol–water partition coefficient (Wildman–Crippen LogP) is 8.53. The topological polar surface area (TPSA) is 132 Å². The molecule has 0 spiro atoms. The van der Waals surface area contributed by atoms with Gasteiger partial charge in [-0.2, -0.15) is 0 Å². The van der Waals surface area contributed by atoms with Crippen molar-refractivity contribution in [3.05, 3.63) is 120 Å². The number of hydrogen-bond donors (Lipinski definition) is 1. The van der Waals surface area contributed by atoms with Gasteiger partial charge in [0.15, 0.2) is 26.6 Å². The van der Waals surface area contributed by atoms with Crippen molar-refractivity contribution < 1.29 is 42.3 Å². The highest BCUT2D eigenvalue weighted by Gasteiger charge is 2.57. The minimum Gasteiger partial charge on any atom is -0.598 e. The van der Waals surface area contributed by atoms with Crippen LogP contribution < -0.4 is 4.72 Å². The normalized spacial score (nSPS) is 26.7. The minimum absolute atomic E-state index is 0.0353. The first kappa shape index (κ1) is 44.7. The van der Waals surface area contributed by atoms with E-state index in [9.17, 15) is 18.9 Å². The first-order valence-corrected chi connectivity index (χ1v) is 24.4. The predicted molar refractivity (Wildman–Crippen MR) is 228 cm³/mol. The summed E-state index contributed by atoms with van der Waals surface area (Å²) in [5.74, 6) is -2.38. The molecule has 1 saturated heterocycles. The van der Waals surface area contributed by atoms with Crippen molar-refractivity contribution in [1.29, 1.82) is 0 Å². The molecule has 0 radical (unpaired) electrons. The fraction of sp³-hybridized carbons (Fsp3) is 0.477. The molecule has 0 amide bonds. The summed E-state index contributed by atoms with van der Waals surface area (Å²) in [6.07, 6.45) is -0.269. The van der Waals surface area contributed by atoms with Gasteiger partial charge in [0.1, 0.15) is 16.3 Å². The molecule has 1 fully saturated rings. The summed E-state index contributed by atoms with van der Waals surface area (Å²) >= 11 is -0.172. The zero-order valence-electron chi connectivity index (χ0n) is 34.3. The van der Waals surface area contributed by atoms with E-state index >= 15 is 0 Å². The quantitative estimate of drug-likeness (QED) is 0.0656. The Bertz CT molecular complexity index is 1820. The van der Waals surface area contributed by atoms with E-state index in [4.69, 9.17) is 23.4 Å². The van der Waals surface area contributed by atoms with Gasteiger partial charge < -0.3 is 27.9 Å². The SMILES string of the molecule is C[C@@H]1/C=C\CC(CO[Si](C)(C)C(C)(C)C)SC2OC(C(OC(=O)c3ccccc3)C(OC(=O)c3ccccc3)C2OC(=O)c2ccccc2)[C@@H]1N[S@+]([O-])C(C)(C)C. The van der Waals surface area contributed by atoms with Crippen LogP contribution in [0, 0.1) is 5.92 Å². The molecule has 0 aromatic heterocycles. The lowest BCUT2D eigenvalue weighted by Gasteiger charge is -2.48. The molecular weight excluding hydrogens is 779 g/mol. The number of benzene rings is 3. The fourth-order valence-corrected chi connectivity index (χ4v) is 9.56. The first-order chi connectivity index (χ1) is 26.9. The summed E-state index contributed by atoms with van der Waals surface area (Å²) < 4.78 is 49.5. The fourth-order valence-electron chi connectivity index (χ4n) is 6.13. The molecule has 308 valence electrons. The van der Waals surface area contributed by atoms with E-state index in [1.54, 1.807) is 91.0 Å². The molecule has 3 aromatic rings. The highest BCUT2D eigenvalue weighted by molar-refractivity contribution is 8.00. The molecule has 0 aliphatic carbocycles. The molecule has 1 N–H and O–H groups in total. The minimum atomic E-state index is -2.19. The number of allylic oxidation sites excluding steroid dienone is 1. The van der Waals surface area contributed by atoms with E-state index in [0.29, 0.717) is 13.0 Å². The van der Waals surface area contributed by atoms with Gasteiger partial charge in [0.2, 0.25) is 0 Å². The number of thioether (sulfide) groups is 1. The van der Waals surface area contributed by atoms with Crippen LogP contribution in [0.3, 0.4) is 0 Å². The highest BCUT2D eigenvalue weighted by Crippen LogP contribution is 2.42. The highest BCUT2D eigenvalue weighted by atomic mass is 32.2. The molecule has 5 rings (SSSR count). The lowest BCUT2D eigenvalue weighted by atomic mass is 9.87. The number of fused-ring (bicyclic) bond motifs is 2.